The molecule has 0 unspecified atom stereocenters. The Kier molecular flexibility index (Phi) is 5.45. The molecule has 0 aromatic heterocycles. The molecule has 5 aliphatic carbocycles. The maximum absolute atomic E-state index is 12.9. The summed E-state index contributed by atoms with van der Waals surface area (Å²) in [5.74, 6) is -1.18. The first-order valence-corrected chi connectivity index (χ1v) is 14.1. The van der Waals surface area contributed by atoms with Crippen LogP contribution in [0.1, 0.15) is 99.8 Å². The van der Waals surface area contributed by atoms with E-state index in [1.54, 1.807) is 13.8 Å². The van der Waals surface area contributed by atoms with E-state index in [9.17, 15) is 30.3 Å². The molecule has 5 rings (SSSR count). The highest BCUT2D eigenvalue weighted by atomic mass is 16.4. The monoisotopic (exact) mass is 504 g/mol. The van der Waals surface area contributed by atoms with Gasteiger partial charge in [-0.05, 0) is 86.9 Å². The van der Waals surface area contributed by atoms with Crippen molar-refractivity contribution in [1.82, 2.24) is 0 Å². The Labute approximate surface area is 216 Å². The number of rotatable bonds is 1. The number of aliphatic hydroxyl groups excluding tert-OH is 2. The van der Waals surface area contributed by atoms with E-state index in [0.29, 0.717) is 25.7 Å². The Balaban J connectivity index is 1.67. The highest BCUT2D eigenvalue weighted by molar-refractivity contribution is 5.77. The van der Waals surface area contributed by atoms with E-state index in [-0.39, 0.29) is 39.9 Å². The summed E-state index contributed by atoms with van der Waals surface area (Å²) in [5.41, 5.74) is -4.26. The van der Waals surface area contributed by atoms with Gasteiger partial charge in [-0.2, -0.15) is 0 Å². The molecule has 0 aliphatic heterocycles. The van der Waals surface area contributed by atoms with Crippen LogP contribution in [0.3, 0.4) is 0 Å². The van der Waals surface area contributed by atoms with Crippen LogP contribution < -0.4 is 0 Å². The largest absolute Gasteiger partial charge is 0.481 e. The zero-order chi connectivity index (χ0) is 26.9. The number of fused-ring (bicyclic) bond motifs is 7. The Morgan fingerprint density at radius 3 is 2.08 bits per heavy atom. The Bertz CT molecular complexity index is 997. The highest BCUT2D eigenvalue weighted by Crippen LogP contribution is 2.76. The predicted molar refractivity (Wildman–Crippen MR) is 137 cm³/mol. The van der Waals surface area contributed by atoms with Crippen molar-refractivity contribution in [2.24, 2.45) is 44.8 Å². The Morgan fingerprint density at radius 1 is 0.861 bits per heavy atom. The van der Waals surface area contributed by atoms with E-state index in [2.05, 4.69) is 40.7 Å². The lowest BCUT2D eigenvalue weighted by Crippen LogP contribution is -2.72. The predicted octanol–water partition coefficient (Wildman–Crippen LogP) is 4.29. The van der Waals surface area contributed by atoms with Crippen molar-refractivity contribution in [3.63, 3.8) is 0 Å². The summed E-state index contributed by atoms with van der Waals surface area (Å²) in [6, 6.07) is 0. The summed E-state index contributed by atoms with van der Waals surface area (Å²) in [6.07, 6.45) is 5.78. The third kappa shape index (κ3) is 2.80. The van der Waals surface area contributed by atoms with E-state index in [1.165, 1.54) is 0 Å². The van der Waals surface area contributed by atoms with Gasteiger partial charge < -0.3 is 25.5 Å². The van der Waals surface area contributed by atoms with Crippen LogP contribution in [0.15, 0.2) is 11.6 Å². The molecule has 6 heteroatoms. The van der Waals surface area contributed by atoms with Gasteiger partial charge in [-0.3, -0.25) is 4.79 Å². The molecule has 0 spiro atoms. The average Bonchev–Trinajstić information content (AvgIpc) is 2.76. The number of hydrogen-bond donors (Lipinski definition) is 5. The normalized spacial score (nSPS) is 58.0. The van der Waals surface area contributed by atoms with Crippen molar-refractivity contribution >= 4 is 5.97 Å². The van der Waals surface area contributed by atoms with Gasteiger partial charge >= 0.3 is 5.97 Å². The minimum absolute atomic E-state index is 0.172. The van der Waals surface area contributed by atoms with Gasteiger partial charge in [0.25, 0.3) is 0 Å². The SMILES string of the molecule is CC1(C)[C@H](O)C[C@H](O)[C@]2(C)[C@H]3CC=C4[C@H]5[C@](C(=O)O)(CC[C@](C)(O)[C@@]5(C)O)CC[C@@]4(C)[C@]3(C)CC[C@@H]12. The molecule has 36 heavy (non-hydrogen) atoms. The van der Waals surface area contributed by atoms with Crippen LogP contribution in [0.4, 0.5) is 0 Å². The van der Waals surface area contributed by atoms with Crippen molar-refractivity contribution in [3.8, 4) is 0 Å². The van der Waals surface area contributed by atoms with Gasteiger partial charge in [-0.25, -0.2) is 0 Å². The first-order chi connectivity index (χ1) is 16.3. The van der Waals surface area contributed by atoms with Crippen LogP contribution in [-0.2, 0) is 4.79 Å². The number of aliphatic hydroxyl groups is 4. The zero-order valence-corrected chi connectivity index (χ0v) is 23.3. The highest BCUT2D eigenvalue weighted by Gasteiger charge is 2.73. The quantitative estimate of drug-likeness (QED) is 0.340. The van der Waals surface area contributed by atoms with Gasteiger partial charge in [0.1, 0.15) is 0 Å². The molecular weight excluding hydrogens is 456 g/mol. The molecule has 0 aromatic rings. The van der Waals surface area contributed by atoms with E-state index < -0.39 is 40.7 Å². The molecule has 0 radical (unpaired) electrons. The van der Waals surface area contributed by atoms with Gasteiger partial charge in [0.05, 0.1) is 28.8 Å². The van der Waals surface area contributed by atoms with Gasteiger partial charge in [-0.15, -0.1) is 0 Å². The van der Waals surface area contributed by atoms with Gasteiger partial charge in [-0.1, -0.05) is 46.3 Å². The number of carboxylic acid groups (broad SMARTS) is 1. The molecule has 5 aliphatic rings. The zero-order valence-electron chi connectivity index (χ0n) is 23.3. The maximum atomic E-state index is 12.9. The number of carbonyl (C=O) groups is 1. The van der Waals surface area contributed by atoms with Crippen molar-refractivity contribution in [2.75, 3.05) is 0 Å². The van der Waals surface area contributed by atoms with Crippen LogP contribution in [0.5, 0.6) is 0 Å². The van der Waals surface area contributed by atoms with Gasteiger partial charge in [0.15, 0.2) is 0 Å². The molecule has 6 nitrogen and oxygen atoms in total. The molecule has 0 aromatic carbocycles. The van der Waals surface area contributed by atoms with Crippen molar-refractivity contribution in [1.29, 1.82) is 0 Å². The Hall–Kier alpha value is -0.950. The Morgan fingerprint density at radius 2 is 1.47 bits per heavy atom. The van der Waals surface area contributed by atoms with Crippen LogP contribution >= 0.6 is 0 Å². The third-order valence-electron chi connectivity index (χ3n) is 13.7. The number of aliphatic carboxylic acids is 1. The summed E-state index contributed by atoms with van der Waals surface area (Å²) in [4.78, 5) is 12.9. The topological polar surface area (TPSA) is 118 Å². The van der Waals surface area contributed by atoms with E-state index >= 15 is 0 Å². The number of carboxylic acids is 1. The van der Waals surface area contributed by atoms with Crippen LogP contribution in [0.25, 0.3) is 0 Å². The lowest BCUT2D eigenvalue weighted by Gasteiger charge is -2.72. The molecule has 0 saturated heterocycles. The molecule has 5 N–H and O–H groups in total. The lowest BCUT2D eigenvalue weighted by molar-refractivity contribution is -0.258. The first kappa shape index (κ1) is 26.6. The third-order valence-corrected chi connectivity index (χ3v) is 13.7. The van der Waals surface area contributed by atoms with E-state index in [0.717, 1.165) is 24.8 Å². The van der Waals surface area contributed by atoms with Crippen LogP contribution in [0, 0.1) is 44.8 Å². The second kappa shape index (κ2) is 7.37. The van der Waals surface area contributed by atoms with Crippen molar-refractivity contribution in [2.45, 2.75) is 123 Å². The molecule has 0 bridgehead atoms. The standard InChI is InChI=1S/C30H48O6/c1-24(2)18-10-11-26(4)19(28(18,6)21(32)16-20(24)31)9-8-17-22-29(7,36)27(5,35)13-15-30(22,23(33)34)14-12-25(17,26)3/h8,18-22,31-32,35-36H,9-16H2,1-7H3,(H,33,34)/t18-,19-,20+,21-,22+,25+,26+,27-,28-,29-,30+/m0/s1. The van der Waals surface area contributed by atoms with Gasteiger partial charge in [0.2, 0.25) is 0 Å². The van der Waals surface area contributed by atoms with E-state index in [1.807, 2.05) is 0 Å². The van der Waals surface area contributed by atoms with E-state index in [4.69, 9.17) is 0 Å². The fraction of sp³-hybridized carbons (Fsp3) is 0.900. The summed E-state index contributed by atoms with van der Waals surface area (Å²) < 4.78 is 0. The molecular formula is C30H48O6. The average molecular weight is 505 g/mol. The first-order valence-electron chi connectivity index (χ1n) is 14.1. The molecule has 204 valence electrons. The lowest BCUT2D eigenvalue weighted by atomic mass is 9.32. The van der Waals surface area contributed by atoms with Crippen molar-refractivity contribution in [3.05, 3.63) is 11.6 Å². The molecule has 4 fully saturated rings. The van der Waals surface area contributed by atoms with Crippen LogP contribution in [0.2, 0.25) is 0 Å². The number of allylic oxidation sites excluding steroid dienone is 1. The van der Waals surface area contributed by atoms with Crippen molar-refractivity contribution < 1.29 is 30.3 Å². The maximum Gasteiger partial charge on any atom is 0.310 e. The van der Waals surface area contributed by atoms with Gasteiger partial charge in [0, 0.05) is 17.8 Å². The second-order valence-corrected chi connectivity index (χ2v) is 15.1. The minimum atomic E-state index is -1.57. The summed E-state index contributed by atoms with van der Waals surface area (Å²) in [7, 11) is 0. The number of hydrogen-bond acceptors (Lipinski definition) is 5. The second-order valence-electron chi connectivity index (χ2n) is 15.1. The summed E-state index contributed by atoms with van der Waals surface area (Å²) in [5, 5.41) is 56.1. The fourth-order valence-corrected chi connectivity index (χ4v) is 10.7. The molecule has 4 saturated carbocycles. The summed E-state index contributed by atoms with van der Waals surface area (Å²) >= 11 is 0. The summed E-state index contributed by atoms with van der Waals surface area (Å²) in [6.45, 7) is 14.4. The smallest absolute Gasteiger partial charge is 0.310 e. The molecule has 11 atom stereocenters. The molecule has 0 amide bonds. The fourth-order valence-electron chi connectivity index (χ4n) is 10.7. The minimum Gasteiger partial charge on any atom is -0.481 e. The molecule has 0 heterocycles. The van der Waals surface area contributed by atoms with Crippen LogP contribution in [-0.4, -0.2) is 54.9 Å².